The maximum atomic E-state index is 11.8. The summed E-state index contributed by atoms with van der Waals surface area (Å²) in [6.45, 7) is 8.98. The van der Waals surface area contributed by atoms with Crippen LogP contribution in [0.15, 0.2) is 30.5 Å². The summed E-state index contributed by atoms with van der Waals surface area (Å²) in [5.74, 6) is 0.742. The molecule has 0 radical (unpaired) electrons. The van der Waals surface area contributed by atoms with Crippen molar-refractivity contribution in [1.82, 2.24) is 24.2 Å². The maximum absolute atomic E-state index is 11.8. The van der Waals surface area contributed by atoms with Crippen LogP contribution in [0.1, 0.15) is 26.7 Å². The second-order valence-corrected chi connectivity index (χ2v) is 12.4. The van der Waals surface area contributed by atoms with Crippen molar-refractivity contribution < 1.29 is 8.42 Å². The number of piperazine rings is 1. The molecule has 2 fully saturated rings. The molecular weight excluding hydrogens is 498 g/mol. The molecule has 2 saturated heterocycles. The molecule has 2 aliphatic heterocycles. The van der Waals surface area contributed by atoms with Gasteiger partial charge in [-0.15, -0.1) is 0 Å². The normalized spacial score (nSPS) is 18.9. The lowest BCUT2D eigenvalue weighted by Crippen LogP contribution is -2.48. The van der Waals surface area contributed by atoms with Gasteiger partial charge in [-0.25, -0.2) is 18.4 Å². The van der Waals surface area contributed by atoms with Gasteiger partial charge in [0.2, 0.25) is 10.0 Å². The molecule has 2 aromatic heterocycles. The van der Waals surface area contributed by atoms with E-state index in [4.69, 9.17) is 16.6 Å². The predicted molar refractivity (Wildman–Crippen MR) is 146 cm³/mol. The standard InChI is InChI=1S/C25H34ClN7O2S/c1-17(2)31-10-8-19(9-11-31)28-22-21(26)16-27-25-23(22)29-24(30-25)18-4-6-20(7-5-18)32-12-14-33(15-13-32)36(3,34)35/h4-7,16-17,19H,8-15H2,1-3H3,(H2,27,28,29,30). The van der Waals surface area contributed by atoms with Gasteiger partial charge in [0.25, 0.3) is 0 Å². The fourth-order valence-corrected chi connectivity index (χ4v) is 6.10. The Hall–Kier alpha value is -2.40. The summed E-state index contributed by atoms with van der Waals surface area (Å²) in [6.07, 6.45) is 5.07. The summed E-state index contributed by atoms with van der Waals surface area (Å²) >= 11 is 6.57. The first-order valence-electron chi connectivity index (χ1n) is 12.5. The van der Waals surface area contributed by atoms with Gasteiger partial charge < -0.3 is 20.1 Å². The van der Waals surface area contributed by atoms with Gasteiger partial charge in [-0.3, -0.25) is 0 Å². The summed E-state index contributed by atoms with van der Waals surface area (Å²) in [4.78, 5) is 17.4. The number of pyridine rings is 1. The van der Waals surface area contributed by atoms with Crippen LogP contribution in [0.5, 0.6) is 0 Å². The smallest absolute Gasteiger partial charge is 0.211 e. The van der Waals surface area contributed by atoms with E-state index in [9.17, 15) is 8.42 Å². The van der Waals surface area contributed by atoms with Crippen molar-refractivity contribution in [2.75, 3.05) is 55.7 Å². The fraction of sp³-hybridized carbons (Fsp3) is 0.520. The van der Waals surface area contributed by atoms with Gasteiger partial charge in [-0.1, -0.05) is 11.6 Å². The third kappa shape index (κ3) is 5.32. The number of H-pyrrole nitrogens is 1. The van der Waals surface area contributed by atoms with Crippen LogP contribution in [0.25, 0.3) is 22.6 Å². The molecule has 3 aromatic rings. The number of likely N-dealkylation sites (tertiary alicyclic amines) is 1. The highest BCUT2D eigenvalue weighted by Gasteiger charge is 2.25. The second kappa shape index (κ2) is 10.2. The Morgan fingerprint density at radius 1 is 1.06 bits per heavy atom. The van der Waals surface area contributed by atoms with Crippen LogP contribution in [0, 0.1) is 0 Å². The van der Waals surface area contributed by atoms with Crippen LogP contribution in [0.4, 0.5) is 11.4 Å². The number of nitrogens with zero attached hydrogens (tertiary/aromatic N) is 5. The lowest BCUT2D eigenvalue weighted by atomic mass is 10.0. The van der Waals surface area contributed by atoms with Crippen LogP contribution in [0.3, 0.4) is 0 Å². The summed E-state index contributed by atoms with van der Waals surface area (Å²) in [7, 11) is -3.14. The summed E-state index contributed by atoms with van der Waals surface area (Å²) in [5.41, 5.74) is 4.33. The predicted octanol–water partition coefficient (Wildman–Crippen LogP) is 3.64. The van der Waals surface area contributed by atoms with E-state index >= 15 is 0 Å². The Morgan fingerprint density at radius 3 is 2.33 bits per heavy atom. The minimum atomic E-state index is -3.14. The average molecular weight is 532 g/mol. The van der Waals surface area contributed by atoms with Gasteiger partial charge in [0.15, 0.2) is 5.65 Å². The van der Waals surface area contributed by atoms with Crippen molar-refractivity contribution >= 4 is 44.2 Å². The van der Waals surface area contributed by atoms with E-state index in [1.165, 1.54) is 10.6 Å². The van der Waals surface area contributed by atoms with Crippen molar-refractivity contribution in [3.8, 4) is 11.4 Å². The van der Waals surface area contributed by atoms with Crippen molar-refractivity contribution in [3.05, 3.63) is 35.5 Å². The quantitative estimate of drug-likeness (QED) is 0.501. The number of aromatic amines is 1. The topological polar surface area (TPSA) is 97.5 Å². The monoisotopic (exact) mass is 531 g/mol. The van der Waals surface area contributed by atoms with Crippen molar-refractivity contribution in [2.45, 2.75) is 38.8 Å². The fourth-order valence-electron chi connectivity index (χ4n) is 5.08. The third-order valence-corrected chi connectivity index (χ3v) is 8.88. The van der Waals surface area contributed by atoms with Gasteiger partial charge in [0, 0.05) is 62.6 Å². The lowest BCUT2D eigenvalue weighted by Gasteiger charge is -2.35. The largest absolute Gasteiger partial charge is 0.379 e. The number of nitrogens with one attached hydrogen (secondary N) is 2. The van der Waals surface area contributed by atoms with E-state index < -0.39 is 10.0 Å². The molecule has 9 nitrogen and oxygen atoms in total. The Kier molecular flexibility index (Phi) is 7.13. The number of aromatic nitrogens is 3. The number of hydrogen-bond acceptors (Lipinski definition) is 7. The van der Waals surface area contributed by atoms with E-state index in [0.29, 0.717) is 48.9 Å². The molecule has 11 heteroatoms. The van der Waals surface area contributed by atoms with Gasteiger partial charge in [0.1, 0.15) is 11.3 Å². The first kappa shape index (κ1) is 25.3. The zero-order chi connectivity index (χ0) is 25.4. The molecule has 36 heavy (non-hydrogen) atoms. The molecule has 194 valence electrons. The minimum absolute atomic E-state index is 0.352. The molecular formula is C25H34ClN7O2S. The highest BCUT2D eigenvalue weighted by molar-refractivity contribution is 7.88. The van der Waals surface area contributed by atoms with Crippen LogP contribution in [0.2, 0.25) is 5.02 Å². The number of halogens is 1. The molecule has 0 aliphatic carbocycles. The Bertz CT molecular complexity index is 1310. The van der Waals surface area contributed by atoms with Gasteiger partial charge in [0.05, 0.1) is 23.2 Å². The lowest BCUT2D eigenvalue weighted by molar-refractivity contribution is 0.177. The number of sulfonamides is 1. The van der Waals surface area contributed by atoms with E-state index in [-0.39, 0.29) is 0 Å². The summed E-state index contributed by atoms with van der Waals surface area (Å²) in [6, 6.07) is 9.10. The molecule has 0 spiro atoms. The number of anilines is 2. The number of benzene rings is 1. The molecule has 5 rings (SSSR count). The molecule has 2 N–H and O–H groups in total. The van der Waals surface area contributed by atoms with Crippen molar-refractivity contribution in [1.29, 1.82) is 0 Å². The molecule has 0 atom stereocenters. The third-order valence-electron chi connectivity index (χ3n) is 7.29. The van der Waals surface area contributed by atoms with Gasteiger partial charge >= 0.3 is 0 Å². The average Bonchev–Trinajstić information content (AvgIpc) is 3.30. The zero-order valence-corrected chi connectivity index (χ0v) is 22.6. The summed E-state index contributed by atoms with van der Waals surface area (Å²) < 4.78 is 25.1. The van der Waals surface area contributed by atoms with E-state index in [2.05, 4.69) is 51.1 Å². The SMILES string of the molecule is CC(C)N1CCC(Nc2c(Cl)cnc3[nH]c(-c4ccc(N5CCN(S(C)(=O)=O)CC5)cc4)nc23)CC1. The highest BCUT2D eigenvalue weighted by Crippen LogP contribution is 2.32. The van der Waals surface area contributed by atoms with Crippen molar-refractivity contribution in [2.24, 2.45) is 0 Å². The number of hydrogen-bond donors (Lipinski definition) is 2. The van der Waals surface area contributed by atoms with Crippen LogP contribution in [-0.4, -0.2) is 90.2 Å². The molecule has 4 heterocycles. The van der Waals surface area contributed by atoms with Crippen LogP contribution >= 0.6 is 11.6 Å². The number of piperidine rings is 1. The number of fused-ring (bicyclic) bond motifs is 1. The first-order chi connectivity index (χ1) is 17.2. The maximum Gasteiger partial charge on any atom is 0.211 e. The highest BCUT2D eigenvalue weighted by atomic mass is 35.5. The Balaban J connectivity index is 1.31. The summed E-state index contributed by atoms with van der Waals surface area (Å²) in [5, 5.41) is 4.23. The van der Waals surface area contributed by atoms with E-state index in [0.717, 1.165) is 54.2 Å². The van der Waals surface area contributed by atoms with Gasteiger partial charge in [-0.05, 0) is 51.0 Å². The molecule has 0 unspecified atom stereocenters. The van der Waals surface area contributed by atoms with E-state index in [1.807, 2.05) is 12.1 Å². The number of imidazole rings is 1. The molecule has 2 aliphatic rings. The first-order valence-corrected chi connectivity index (χ1v) is 14.8. The Labute approximate surface area is 217 Å². The molecule has 0 bridgehead atoms. The second-order valence-electron chi connectivity index (χ2n) is 10.0. The van der Waals surface area contributed by atoms with Crippen LogP contribution in [-0.2, 0) is 10.0 Å². The van der Waals surface area contributed by atoms with Crippen molar-refractivity contribution in [3.63, 3.8) is 0 Å². The van der Waals surface area contributed by atoms with Crippen LogP contribution < -0.4 is 10.2 Å². The van der Waals surface area contributed by atoms with Gasteiger partial charge in [-0.2, -0.15) is 4.31 Å². The molecule has 0 saturated carbocycles. The van der Waals surface area contributed by atoms with E-state index in [1.54, 1.807) is 6.20 Å². The minimum Gasteiger partial charge on any atom is -0.379 e. The molecule has 1 aromatic carbocycles. The Morgan fingerprint density at radius 2 is 1.72 bits per heavy atom. The molecule has 0 amide bonds. The zero-order valence-electron chi connectivity index (χ0n) is 21.0. The number of rotatable bonds is 6.